The van der Waals surface area contributed by atoms with Crippen LogP contribution in [0.3, 0.4) is 0 Å². The molecule has 0 unspecified atom stereocenters. The van der Waals surface area contributed by atoms with Crippen molar-refractivity contribution in [1.29, 1.82) is 0 Å². The van der Waals surface area contributed by atoms with Crippen LogP contribution in [0.25, 0.3) is 0 Å². The van der Waals surface area contributed by atoms with Gasteiger partial charge in [0.05, 0.1) is 13.2 Å². The van der Waals surface area contributed by atoms with Gasteiger partial charge >= 0.3 is 0 Å². The topological polar surface area (TPSA) is 92.5 Å². The molecule has 0 aromatic rings. The van der Waals surface area contributed by atoms with Gasteiger partial charge in [-0.25, -0.2) is 0 Å². The minimum absolute atomic E-state index is 0.127. The molecule has 0 aromatic heterocycles. The molecular weight excluding hydrogens is 156 g/mol. The maximum atomic E-state index is 8.98. The molecule has 4 heteroatoms. The van der Waals surface area contributed by atoms with Gasteiger partial charge in [-0.05, 0) is 12.8 Å². The van der Waals surface area contributed by atoms with E-state index in [-0.39, 0.29) is 18.6 Å². The third kappa shape index (κ3) is 3.06. The predicted molar refractivity (Wildman–Crippen MR) is 48.1 cm³/mol. The Morgan fingerprint density at radius 1 is 0.917 bits per heavy atom. The molecule has 1 rings (SSSR count). The highest BCUT2D eigenvalue weighted by Crippen LogP contribution is 2.34. The fourth-order valence-electron chi connectivity index (χ4n) is 1.67. The molecule has 1 aliphatic rings. The zero-order valence-corrected chi connectivity index (χ0v) is 7.50. The Hall–Kier alpha value is -0.160. The van der Waals surface area contributed by atoms with Gasteiger partial charge in [-0.2, -0.15) is 0 Å². The van der Waals surface area contributed by atoms with Crippen molar-refractivity contribution in [3.8, 4) is 0 Å². The third-order valence-corrected chi connectivity index (χ3v) is 2.59. The van der Waals surface area contributed by atoms with Crippen molar-refractivity contribution in [3.05, 3.63) is 0 Å². The summed E-state index contributed by atoms with van der Waals surface area (Å²) in [6, 6.07) is 0. The van der Waals surface area contributed by atoms with E-state index >= 15 is 0 Å². The average molecular weight is 176 g/mol. The molecule has 12 heavy (non-hydrogen) atoms. The number of hydrazine groups is 1. The molecule has 4 nitrogen and oxygen atoms in total. The van der Waals surface area contributed by atoms with Crippen LogP contribution >= 0.6 is 0 Å². The first-order valence-corrected chi connectivity index (χ1v) is 4.38. The highest BCUT2D eigenvalue weighted by atomic mass is 16.3. The van der Waals surface area contributed by atoms with Gasteiger partial charge in [0.15, 0.2) is 0 Å². The lowest BCUT2D eigenvalue weighted by molar-refractivity contribution is 0.0234. The zero-order valence-electron chi connectivity index (χ0n) is 7.50. The van der Waals surface area contributed by atoms with E-state index in [1.165, 1.54) is 19.3 Å². The van der Waals surface area contributed by atoms with Crippen LogP contribution in [-0.2, 0) is 0 Å². The average Bonchev–Trinajstić information content (AvgIpc) is 2.22. The van der Waals surface area contributed by atoms with E-state index in [0.717, 1.165) is 12.8 Å². The molecule has 0 bridgehead atoms. The number of hydrogen-bond acceptors (Lipinski definition) is 4. The summed E-state index contributed by atoms with van der Waals surface area (Å²) in [6.45, 7) is 0.312. The first-order chi connectivity index (χ1) is 5.83. The lowest BCUT2D eigenvalue weighted by Crippen LogP contribution is -2.31. The molecule has 0 heterocycles. The van der Waals surface area contributed by atoms with Crippen molar-refractivity contribution < 1.29 is 10.2 Å². The summed E-state index contributed by atoms with van der Waals surface area (Å²) >= 11 is 0. The fourth-order valence-corrected chi connectivity index (χ4v) is 1.67. The number of aliphatic hydroxyl groups excluding tert-OH is 2. The molecule has 74 valence electrons. The van der Waals surface area contributed by atoms with Crippen molar-refractivity contribution in [2.75, 3.05) is 13.2 Å². The van der Waals surface area contributed by atoms with Crippen LogP contribution < -0.4 is 11.7 Å². The number of nitrogens with two attached hydrogens (primary N) is 2. The van der Waals surface area contributed by atoms with Crippen molar-refractivity contribution in [2.45, 2.75) is 32.1 Å². The standard InChI is InChI=1S/C8H16O2.H4N2/c9-6-8(7-10)4-2-1-3-5-8;1-2/h9-10H,1-7H2;1-2H2. The Morgan fingerprint density at radius 3 is 1.58 bits per heavy atom. The Kier molecular flexibility index (Phi) is 6.28. The Morgan fingerprint density at radius 2 is 1.33 bits per heavy atom. The molecule has 0 atom stereocenters. The van der Waals surface area contributed by atoms with Crippen molar-refractivity contribution in [1.82, 2.24) is 0 Å². The molecule has 1 fully saturated rings. The second-order valence-corrected chi connectivity index (χ2v) is 3.38. The summed E-state index contributed by atoms with van der Waals surface area (Å²) in [5, 5.41) is 18.0. The quantitative estimate of drug-likeness (QED) is 0.344. The third-order valence-electron chi connectivity index (χ3n) is 2.59. The molecule has 0 amide bonds. The first-order valence-electron chi connectivity index (χ1n) is 4.38. The van der Waals surface area contributed by atoms with E-state index in [4.69, 9.17) is 10.2 Å². The van der Waals surface area contributed by atoms with Gasteiger partial charge < -0.3 is 10.2 Å². The van der Waals surface area contributed by atoms with Crippen molar-refractivity contribution >= 4 is 0 Å². The normalized spacial score (nSPS) is 21.0. The van der Waals surface area contributed by atoms with Gasteiger partial charge in [-0.3, -0.25) is 11.7 Å². The minimum atomic E-state index is -0.127. The molecule has 1 saturated carbocycles. The van der Waals surface area contributed by atoms with E-state index in [9.17, 15) is 0 Å². The number of hydrogen-bond donors (Lipinski definition) is 4. The largest absolute Gasteiger partial charge is 0.396 e. The summed E-state index contributed by atoms with van der Waals surface area (Å²) in [5.41, 5.74) is -0.127. The maximum absolute atomic E-state index is 8.98. The second-order valence-electron chi connectivity index (χ2n) is 3.38. The highest BCUT2D eigenvalue weighted by Gasteiger charge is 2.30. The van der Waals surface area contributed by atoms with Gasteiger partial charge in [0, 0.05) is 5.41 Å². The van der Waals surface area contributed by atoms with Crippen LogP contribution in [0.4, 0.5) is 0 Å². The van der Waals surface area contributed by atoms with Crippen molar-refractivity contribution in [2.24, 2.45) is 17.1 Å². The SMILES string of the molecule is NN.OCC1(CO)CCCCC1. The maximum Gasteiger partial charge on any atom is 0.0509 e. The monoisotopic (exact) mass is 176 g/mol. The van der Waals surface area contributed by atoms with E-state index in [1.54, 1.807) is 0 Å². The fraction of sp³-hybridized carbons (Fsp3) is 1.00. The van der Waals surface area contributed by atoms with Gasteiger partial charge in [-0.1, -0.05) is 19.3 Å². The zero-order chi connectivity index (χ0) is 9.45. The van der Waals surface area contributed by atoms with E-state index < -0.39 is 0 Å². The first kappa shape index (κ1) is 11.8. The molecular formula is C8H20N2O2. The van der Waals surface area contributed by atoms with Crippen LogP contribution in [0.1, 0.15) is 32.1 Å². The van der Waals surface area contributed by atoms with Gasteiger partial charge in [0.2, 0.25) is 0 Å². The summed E-state index contributed by atoms with van der Waals surface area (Å²) in [6.07, 6.45) is 5.60. The van der Waals surface area contributed by atoms with E-state index in [0.29, 0.717) is 0 Å². The summed E-state index contributed by atoms with van der Waals surface area (Å²) in [4.78, 5) is 0. The number of aliphatic hydroxyl groups is 2. The molecule has 0 spiro atoms. The van der Waals surface area contributed by atoms with Crippen LogP contribution in [0.15, 0.2) is 0 Å². The van der Waals surface area contributed by atoms with Gasteiger partial charge in [0.25, 0.3) is 0 Å². The van der Waals surface area contributed by atoms with E-state index in [1.807, 2.05) is 0 Å². The Bertz CT molecular complexity index is 97.2. The van der Waals surface area contributed by atoms with Crippen LogP contribution in [0.2, 0.25) is 0 Å². The minimum Gasteiger partial charge on any atom is -0.396 e. The molecule has 0 radical (unpaired) electrons. The summed E-state index contributed by atoms with van der Waals surface area (Å²) in [7, 11) is 0. The molecule has 6 N–H and O–H groups in total. The lowest BCUT2D eigenvalue weighted by atomic mass is 9.75. The molecule has 0 aromatic carbocycles. The van der Waals surface area contributed by atoms with Crippen LogP contribution in [-0.4, -0.2) is 23.4 Å². The smallest absolute Gasteiger partial charge is 0.0509 e. The number of rotatable bonds is 2. The summed E-state index contributed by atoms with van der Waals surface area (Å²) < 4.78 is 0. The van der Waals surface area contributed by atoms with Gasteiger partial charge in [-0.15, -0.1) is 0 Å². The highest BCUT2D eigenvalue weighted by molar-refractivity contribution is 4.80. The predicted octanol–water partition coefficient (Wildman–Crippen LogP) is -0.260. The van der Waals surface area contributed by atoms with Crippen LogP contribution in [0, 0.1) is 5.41 Å². The molecule has 0 aliphatic heterocycles. The van der Waals surface area contributed by atoms with Crippen molar-refractivity contribution in [3.63, 3.8) is 0 Å². The second kappa shape index (κ2) is 6.37. The molecule has 0 saturated heterocycles. The Labute approximate surface area is 73.5 Å². The van der Waals surface area contributed by atoms with E-state index in [2.05, 4.69) is 11.7 Å². The van der Waals surface area contributed by atoms with Gasteiger partial charge in [0.1, 0.15) is 0 Å². The lowest BCUT2D eigenvalue weighted by Gasteiger charge is -2.33. The Balaban J connectivity index is 0.000000561. The summed E-state index contributed by atoms with van der Waals surface area (Å²) in [5.74, 6) is 8.00. The van der Waals surface area contributed by atoms with Crippen LogP contribution in [0.5, 0.6) is 0 Å². The molecule has 1 aliphatic carbocycles.